The van der Waals surface area contributed by atoms with Gasteiger partial charge in [0.05, 0.1) is 0 Å². The summed E-state index contributed by atoms with van der Waals surface area (Å²) in [7, 11) is 0. The highest BCUT2D eigenvalue weighted by molar-refractivity contribution is 5.99. The standard InChI is InChI=1S/C16H26N2O3/c1-4-17(5-2)11-8-12-18(6-3)16(21)15-13(19)9-7-10-14(15)20/h7,9-10,19-20H,4-6,8,11-12H2,1-3H3. The van der Waals surface area contributed by atoms with E-state index < -0.39 is 0 Å². The van der Waals surface area contributed by atoms with Gasteiger partial charge in [-0.15, -0.1) is 0 Å². The second-order valence-electron chi connectivity index (χ2n) is 4.94. The molecule has 1 rings (SSSR count). The molecule has 0 bridgehead atoms. The van der Waals surface area contributed by atoms with Crippen LogP contribution in [0.5, 0.6) is 11.5 Å². The maximum absolute atomic E-state index is 12.4. The zero-order valence-electron chi connectivity index (χ0n) is 13.2. The van der Waals surface area contributed by atoms with Crippen molar-refractivity contribution in [1.82, 2.24) is 9.80 Å². The maximum Gasteiger partial charge on any atom is 0.261 e. The Bertz CT molecular complexity index is 439. The van der Waals surface area contributed by atoms with Crippen molar-refractivity contribution in [3.8, 4) is 11.5 Å². The van der Waals surface area contributed by atoms with Gasteiger partial charge in [0.25, 0.3) is 5.91 Å². The topological polar surface area (TPSA) is 64.0 Å². The van der Waals surface area contributed by atoms with Crippen LogP contribution in [0.2, 0.25) is 0 Å². The highest BCUT2D eigenvalue weighted by atomic mass is 16.3. The minimum absolute atomic E-state index is 0.0119. The number of nitrogens with zero attached hydrogens (tertiary/aromatic N) is 2. The molecule has 0 aliphatic heterocycles. The van der Waals surface area contributed by atoms with Gasteiger partial charge in [-0.3, -0.25) is 4.79 Å². The lowest BCUT2D eigenvalue weighted by Gasteiger charge is -2.24. The molecule has 0 atom stereocenters. The van der Waals surface area contributed by atoms with E-state index in [0.717, 1.165) is 26.1 Å². The number of aromatic hydroxyl groups is 2. The Morgan fingerprint density at radius 2 is 1.57 bits per heavy atom. The normalized spacial score (nSPS) is 10.9. The SMILES string of the molecule is CCN(CC)CCCN(CC)C(=O)c1c(O)cccc1O. The molecule has 0 heterocycles. The number of phenols is 2. The Balaban J connectivity index is 2.69. The van der Waals surface area contributed by atoms with E-state index in [1.54, 1.807) is 4.90 Å². The van der Waals surface area contributed by atoms with Gasteiger partial charge in [0.15, 0.2) is 0 Å². The summed E-state index contributed by atoms with van der Waals surface area (Å²) < 4.78 is 0. The number of amides is 1. The van der Waals surface area contributed by atoms with Gasteiger partial charge in [-0.25, -0.2) is 0 Å². The van der Waals surface area contributed by atoms with E-state index in [2.05, 4.69) is 18.7 Å². The number of hydrogen-bond acceptors (Lipinski definition) is 4. The molecule has 0 radical (unpaired) electrons. The van der Waals surface area contributed by atoms with Crippen LogP contribution < -0.4 is 0 Å². The summed E-state index contributed by atoms with van der Waals surface area (Å²) >= 11 is 0. The van der Waals surface area contributed by atoms with Crippen LogP contribution in [0.1, 0.15) is 37.6 Å². The Labute approximate surface area is 126 Å². The van der Waals surface area contributed by atoms with Crippen molar-refractivity contribution in [1.29, 1.82) is 0 Å². The molecular weight excluding hydrogens is 268 g/mol. The lowest BCUT2D eigenvalue weighted by atomic mass is 10.1. The van der Waals surface area contributed by atoms with E-state index in [1.165, 1.54) is 18.2 Å². The Morgan fingerprint density at radius 1 is 1.00 bits per heavy atom. The van der Waals surface area contributed by atoms with Crippen molar-refractivity contribution in [2.24, 2.45) is 0 Å². The molecule has 0 saturated heterocycles. The summed E-state index contributed by atoms with van der Waals surface area (Å²) in [4.78, 5) is 16.4. The quantitative estimate of drug-likeness (QED) is 0.772. The van der Waals surface area contributed by atoms with Crippen LogP contribution >= 0.6 is 0 Å². The Morgan fingerprint density at radius 3 is 2.05 bits per heavy atom. The Kier molecular flexibility index (Phi) is 7.02. The van der Waals surface area contributed by atoms with E-state index >= 15 is 0 Å². The van der Waals surface area contributed by atoms with Crippen molar-refractivity contribution < 1.29 is 15.0 Å². The van der Waals surface area contributed by atoms with Crippen molar-refractivity contribution in [3.63, 3.8) is 0 Å². The molecule has 0 saturated carbocycles. The van der Waals surface area contributed by atoms with Crippen LogP contribution in [0, 0.1) is 0 Å². The molecular formula is C16H26N2O3. The van der Waals surface area contributed by atoms with Gasteiger partial charge in [0.1, 0.15) is 17.1 Å². The third kappa shape index (κ3) is 4.63. The number of carbonyl (C=O) groups is 1. The first-order valence-corrected chi connectivity index (χ1v) is 7.57. The zero-order chi connectivity index (χ0) is 15.8. The summed E-state index contributed by atoms with van der Waals surface area (Å²) in [6.07, 6.45) is 0.871. The maximum atomic E-state index is 12.4. The number of rotatable bonds is 8. The van der Waals surface area contributed by atoms with E-state index in [0.29, 0.717) is 13.1 Å². The van der Waals surface area contributed by atoms with Crippen molar-refractivity contribution in [3.05, 3.63) is 23.8 Å². The van der Waals surface area contributed by atoms with Gasteiger partial charge in [-0.1, -0.05) is 19.9 Å². The van der Waals surface area contributed by atoms with Gasteiger partial charge < -0.3 is 20.0 Å². The average Bonchev–Trinajstić information content (AvgIpc) is 2.47. The van der Waals surface area contributed by atoms with E-state index in [1.807, 2.05) is 6.92 Å². The molecule has 5 nitrogen and oxygen atoms in total. The third-order valence-electron chi connectivity index (χ3n) is 3.70. The summed E-state index contributed by atoms with van der Waals surface area (Å²) in [6.45, 7) is 10.2. The molecule has 1 aromatic carbocycles. The van der Waals surface area contributed by atoms with E-state index in [-0.39, 0.29) is 23.0 Å². The molecule has 0 unspecified atom stereocenters. The van der Waals surface area contributed by atoms with Crippen molar-refractivity contribution in [2.75, 3.05) is 32.7 Å². The second-order valence-corrected chi connectivity index (χ2v) is 4.94. The highest BCUT2D eigenvalue weighted by Gasteiger charge is 2.21. The van der Waals surface area contributed by atoms with Crippen LogP contribution in [-0.4, -0.2) is 58.6 Å². The second kappa shape index (κ2) is 8.52. The number of benzene rings is 1. The first kappa shape index (κ1) is 17.3. The molecule has 0 aliphatic carbocycles. The largest absolute Gasteiger partial charge is 0.507 e. The third-order valence-corrected chi connectivity index (χ3v) is 3.70. The molecule has 0 spiro atoms. The minimum atomic E-state index is -0.326. The fourth-order valence-corrected chi connectivity index (χ4v) is 2.33. The average molecular weight is 294 g/mol. The molecule has 1 aromatic rings. The number of hydrogen-bond donors (Lipinski definition) is 2. The van der Waals surface area contributed by atoms with Crippen LogP contribution in [0.4, 0.5) is 0 Å². The van der Waals surface area contributed by atoms with Gasteiger partial charge in [0.2, 0.25) is 0 Å². The predicted molar refractivity (Wildman–Crippen MR) is 83.8 cm³/mol. The van der Waals surface area contributed by atoms with Crippen LogP contribution in [0.25, 0.3) is 0 Å². The van der Waals surface area contributed by atoms with Gasteiger partial charge in [-0.05, 0) is 45.1 Å². The highest BCUT2D eigenvalue weighted by Crippen LogP contribution is 2.27. The van der Waals surface area contributed by atoms with Crippen molar-refractivity contribution in [2.45, 2.75) is 27.2 Å². The van der Waals surface area contributed by atoms with Crippen molar-refractivity contribution >= 4 is 5.91 Å². The van der Waals surface area contributed by atoms with E-state index in [9.17, 15) is 15.0 Å². The smallest absolute Gasteiger partial charge is 0.261 e. The number of carbonyl (C=O) groups excluding carboxylic acids is 1. The monoisotopic (exact) mass is 294 g/mol. The first-order chi connectivity index (χ1) is 10.0. The van der Waals surface area contributed by atoms with Crippen LogP contribution in [-0.2, 0) is 0 Å². The van der Waals surface area contributed by atoms with Crippen LogP contribution in [0.3, 0.4) is 0 Å². The fourth-order valence-electron chi connectivity index (χ4n) is 2.33. The molecule has 0 aliphatic rings. The van der Waals surface area contributed by atoms with Gasteiger partial charge in [0, 0.05) is 13.1 Å². The lowest BCUT2D eigenvalue weighted by Crippen LogP contribution is -2.34. The molecule has 2 N–H and O–H groups in total. The van der Waals surface area contributed by atoms with E-state index in [4.69, 9.17) is 0 Å². The van der Waals surface area contributed by atoms with Gasteiger partial charge >= 0.3 is 0 Å². The van der Waals surface area contributed by atoms with Gasteiger partial charge in [-0.2, -0.15) is 0 Å². The lowest BCUT2D eigenvalue weighted by molar-refractivity contribution is 0.0751. The first-order valence-electron chi connectivity index (χ1n) is 7.57. The summed E-state index contributed by atoms with van der Waals surface area (Å²) in [5.74, 6) is -0.683. The molecule has 0 aromatic heterocycles. The minimum Gasteiger partial charge on any atom is -0.507 e. The molecule has 1 amide bonds. The summed E-state index contributed by atoms with van der Waals surface area (Å²) in [5.41, 5.74) is -0.0119. The number of phenolic OH excluding ortho intramolecular Hbond substituents is 2. The Hall–Kier alpha value is -1.75. The zero-order valence-corrected chi connectivity index (χ0v) is 13.2. The molecule has 118 valence electrons. The summed E-state index contributed by atoms with van der Waals surface area (Å²) in [5, 5.41) is 19.6. The molecule has 5 heteroatoms. The predicted octanol–water partition coefficient (Wildman–Crippen LogP) is 2.29. The molecule has 21 heavy (non-hydrogen) atoms. The van der Waals surface area contributed by atoms with Crippen LogP contribution in [0.15, 0.2) is 18.2 Å². The fraction of sp³-hybridized carbons (Fsp3) is 0.562. The summed E-state index contributed by atoms with van der Waals surface area (Å²) in [6, 6.07) is 4.34. The molecule has 0 fully saturated rings.